The third kappa shape index (κ3) is 5.13. The molecule has 0 aromatic carbocycles. The van der Waals surface area contributed by atoms with E-state index in [2.05, 4.69) is 18.5 Å². The number of rotatable bonds is 11. The molecule has 0 radical (unpaired) electrons. The van der Waals surface area contributed by atoms with Gasteiger partial charge < -0.3 is 14.5 Å². The molecule has 0 saturated heterocycles. The number of sulfonamides is 1. The predicted molar refractivity (Wildman–Crippen MR) is 81.4 cm³/mol. The number of ether oxygens (including phenoxy) is 1. The minimum Gasteiger partial charge on any atom is -0.447 e. The van der Waals surface area contributed by atoms with Gasteiger partial charge in [-0.1, -0.05) is 12.2 Å². The van der Waals surface area contributed by atoms with Crippen molar-refractivity contribution in [1.82, 2.24) is 9.62 Å². The molecule has 1 heterocycles. The summed E-state index contributed by atoms with van der Waals surface area (Å²) in [6.45, 7) is 9.22. The van der Waals surface area contributed by atoms with Crippen molar-refractivity contribution < 1.29 is 17.6 Å². The Morgan fingerprint density at radius 1 is 1.33 bits per heavy atom. The summed E-state index contributed by atoms with van der Waals surface area (Å²) in [7, 11) is -2.05. The first kappa shape index (κ1) is 17.6. The molecule has 0 bridgehead atoms. The van der Waals surface area contributed by atoms with Crippen LogP contribution in [0.25, 0.3) is 0 Å². The molecule has 1 rings (SSSR count). The molecule has 1 aromatic rings. The normalized spacial score (nSPS) is 11.7. The van der Waals surface area contributed by atoms with Crippen LogP contribution in [0.4, 0.5) is 0 Å². The van der Waals surface area contributed by atoms with Gasteiger partial charge in [-0.05, 0) is 12.1 Å². The van der Waals surface area contributed by atoms with E-state index in [0.29, 0.717) is 25.5 Å². The number of methoxy groups -OCH3 is 1. The molecule has 0 saturated carbocycles. The van der Waals surface area contributed by atoms with Crippen molar-refractivity contribution in [3.63, 3.8) is 0 Å². The molecule has 1 N–H and O–H groups in total. The van der Waals surface area contributed by atoms with Gasteiger partial charge in [0, 0.05) is 26.7 Å². The van der Waals surface area contributed by atoms with E-state index in [1.54, 1.807) is 13.2 Å². The molecule has 0 amide bonds. The van der Waals surface area contributed by atoms with Crippen molar-refractivity contribution in [2.24, 2.45) is 0 Å². The first-order chi connectivity index (χ1) is 10.1. The number of nitrogens with one attached hydrogen (secondary N) is 1. The summed E-state index contributed by atoms with van der Waals surface area (Å²) in [4.78, 5) is 0. The zero-order valence-electron chi connectivity index (χ0n) is 12.2. The predicted octanol–water partition coefficient (Wildman–Crippen LogP) is 1.38. The van der Waals surface area contributed by atoms with Crippen LogP contribution >= 0.6 is 0 Å². The Morgan fingerprint density at radius 2 is 2.00 bits per heavy atom. The van der Waals surface area contributed by atoms with Gasteiger partial charge in [0.05, 0.1) is 13.2 Å². The van der Waals surface area contributed by atoms with Gasteiger partial charge in [-0.2, -0.15) is 4.31 Å². The molecule has 0 unspecified atom stereocenters. The minimum atomic E-state index is -3.67. The number of furan rings is 1. The highest BCUT2D eigenvalue weighted by Crippen LogP contribution is 2.18. The summed E-state index contributed by atoms with van der Waals surface area (Å²) in [6.07, 6.45) is 3.05. The lowest BCUT2D eigenvalue weighted by molar-refractivity contribution is 0.198. The van der Waals surface area contributed by atoms with Crippen LogP contribution in [0, 0.1) is 0 Å². The molecule has 0 aliphatic heterocycles. The van der Waals surface area contributed by atoms with Crippen LogP contribution < -0.4 is 5.32 Å². The Morgan fingerprint density at radius 3 is 2.57 bits per heavy atom. The topological polar surface area (TPSA) is 71.8 Å². The first-order valence-electron chi connectivity index (χ1n) is 6.56. The summed E-state index contributed by atoms with van der Waals surface area (Å²) in [5, 5.41) is 3.01. The highest BCUT2D eigenvalue weighted by molar-refractivity contribution is 7.89. The van der Waals surface area contributed by atoms with E-state index in [0.717, 1.165) is 0 Å². The van der Waals surface area contributed by atoms with Crippen LogP contribution in [0.5, 0.6) is 0 Å². The molecule has 0 spiro atoms. The number of nitrogens with zero attached hydrogens (tertiary/aromatic N) is 1. The van der Waals surface area contributed by atoms with E-state index in [-0.39, 0.29) is 18.2 Å². The second-order valence-corrected chi connectivity index (χ2v) is 6.16. The van der Waals surface area contributed by atoms with Gasteiger partial charge >= 0.3 is 0 Å². The highest BCUT2D eigenvalue weighted by Gasteiger charge is 2.25. The second-order valence-electron chi connectivity index (χ2n) is 4.29. The van der Waals surface area contributed by atoms with Crippen LogP contribution in [-0.4, -0.2) is 46.1 Å². The molecular formula is C14H22N2O4S. The fourth-order valence-corrected chi connectivity index (χ4v) is 2.97. The van der Waals surface area contributed by atoms with Crippen LogP contribution in [0.1, 0.15) is 5.76 Å². The summed E-state index contributed by atoms with van der Waals surface area (Å²) in [6, 6.07) is 3.11. The zero-order chi connectivity index (χ0) is 15.7. The van der Waals surface area contributed by atoms with E-state index in [4.69, 9.17) is 9.15 Å². The van der Waals surface area contributed by atoms with Gasteiger partial charge in [-0.3, -0.25) is 0 Å². The molecule has 21 heavy (non-hydrogen) atoms. The first-order valence-corrected chi connectivity index (χ1v) is 8.00. The Kier molecular flexibility index (Phi) is 7.38. The van der Waals surface area contributed by atoms with Crippen molar-refractivity contribution in [3.05, 3.63) is 43.2 Å². The van der Waals surface area contributed by atoms with Gasteiger partial charge in [0.1, 0.15) is 5.76 Å². The molecule has 6 nitrogen and oxygen atoms in total. The van der Waals surface area contributed by atoms with Gasteiger partial charge in [0.25, 0.3) is 10.0 Å². The van der Waals surface area contributed by atoms with Crippen LogP contribution in [-0.2, 0) is 21.3 Å². The quantitative estimate of drug-likeness (QED) is 0.493. The Balaban J connectivity index is 2.76. The molecular weight excluding hydrogens is 292 g/mol. The lowest BCUT2D eigenvalue weighted by Crippen LogP contribution is -2.31. The van der Waals surface area contributed by atoms with Gasteiger partial charge in [0.15, 0.2) is 0 Å². The molecule has 0 aliphatic carbocycles. The second kappa shape index (κ2) is 8.78. The molecule has 118 valence electrons. The van der Waals surface area contributed by atoms with Crippen molar-refractivity contribution in [3.8, 4) is 0 Å². The Hall–Kier alpha value is -1.41. The Labute approximate surface area is 126 Å². The number of hydrogen-bond donors (Lipinski definition) is 1. The van der Waals surface area contributed by atoms with Crippen LogP contribution in [0.2, 0.25) is 0 Å². The van der Waals surface area contributed by atoms with E-state index >= 15 is 0 Å². The lowest BCUT2D eigenvalue weighted by Gasteiger charge is -2.16. The van der Waals surface area contributed by atoms with Gasteiger partial charge in [-0.15, -0.1) is 13.2 Å². The molecule has 0 atom stereocenters. The molecule has 7 heteroatoms. The lowest BCUT2D eigenvalue weighted by atomic mass is 10.4. The van der Waals surface area contributed by atoms with Crippen LogP contribution in [0.3, 0.4) is 0 Å². The van der Waals surface area contributed by atoms with Gasteiger partial charge in [0.2, 0.25) is 5.09 Å². The summed E-state index contributed by atoms with van der Waals surface area (Å²) in [5.74, 6) is 0.557. The summed E-state index contributed by atoms with van der Waals surface area (Å²) >= 11 is 0. The SMILES string of the molecule is C=CCN(CC=C)S(=O)(=O)c1ccc(CNCCOC)o1. The van der Waals surface area contributed by atoms with Gasteiger partial charge in [-0.25, -0.2) is 8.42 Å². The average Bonchev–Trinajstić information content (AvgIpc) is 2.93. The standard InChI is InChI=1S/C14H22N2O4S/c1-4-9-16(10-5-2)21(17,18)14-7-6-13(20-14)12-15-8-11-19-3/h4-7,15H,1-2,8-12H2,3H3. The van der Waals surface area contributed by atoms with Crippen LogP contribution in [0.15, 0.2) is 47.0 Å². The molecule has 0 aliphatic rings. The maximum Gasteiger partial charge on any atom is 0.277 e. The maximum absolute atomic E-state index is 12.4. The fraction of sp³-hybridized carbons (Fsp3) is 0.429. The van der Waals surface area contributed by atoms with Crippen molar-refractivity contribution in [2.75, 3.05) is 33.4 Å². The van der Waals surface area contributed by atoms with E-state index in [1.807, 2.05) is 0 Å². The highest BCUT2D eigenvalue weighted by atomic mass is 32.2. The molecule has 1 aromatic heterocycles. The van der Waals surface area contributed by atoms with E-state index in [9.17, 15) is 8.42 Å². The third-order valence-corrected chi connectivity index (χ3v) is 4.38. The van der Waals surface area contributed by atoms with E-state index < -0.39 is 10.0 Å². The van der Waals surface area contributed by atoms with E-state index in [1.165, 1.54) is 22.5 Å². The maximum atomic E-state index is 12.4. The summed E-state index contributed by atoms with van der Waals surface area (Å²) in [5.41, 5.74) is 0. The summed E-state index contributed by atoms with van der Waals surface area (Å²) < 4.78 is 36.4. The third-order valence-electron chi connectivity index (χ3n) is 2.68. The molecule has 0 fully saturated rings. The smallest absolute Gasteiger partial charge is 0.277 e. The van der Waals surface area contributed by atoms with Crippen molar-refractivity contribution >= 4 is 10.0 Å². The minimum absolute atomic E-state index is 0.0743. The fourth-order valence-electron chi connectivity index (χ4n) is 1.66. The monoisotopic (exact) mass is 314 g/mol. The van der Waals surface area contributed by atoms with Crippen molar-refractivity contribution in [1.29, 1.82) is 0 Å². The Bertz CT molecular complexity index is 541. The van der Waals surface area contributed by atoms with Crippen molar-refractivity contribution in [2.45, 2.75) is 11.6 Å². The zero-order valence-corrected chi connectivity index (χ0v) is 13.1. The number of hydrogen-bond acceptors (Lipinski definition) is 5. The largest absolute Gasteiger partial charge is 0.447 e. The average molecular weight is 314 g/mol.